The van der Waals surface area contributed by atoms with Crippen molar-refractivity contribution in [2.45, 2.75) is 41.0 Å². The molecule has 3 amide bonds. The molecule has 1 aliphatic heterocycles. The summed E-state index contributed by atoms with van der Waals surface area (Å²) in [5, 5.41) is 6.03. The van der Waals surface area contributed by atoms with Crippen molar-refractivity contribution >= 4 is 35.0 Å². The van der Waals surface area contributed by atoms with Gasteiger partial charge in [-0.05, 0) is 44.4 Å². The fraction of sp³-hybridized carbons (Fsp3) is 0.476. The highest BCUT2D eigenvalue weighted by Gasteiger charge is 2.28. The topological polar surface area (TPSA) is 78.5 Å². The monoisotopic (exact) mass is 405 g/mol. The first-order valence-electron chi connectivity index (χ1n) is 9.57. The van der Waals surface area contributed by atoms with Gasteiger partial charge in [0.1, 0.15) is 0 Å². The predicted molar refractivity (Wildman–Crippen MR) is 111 cm³/mol. The van der Waals surface area contributed by atoms with E-state index in [0.29, 0.717) is 34.8 Å². The zero-order valence-corrected chi connectivity index (χ0v) is 17.8. The first-order valence-corrected chi connectivity index (χ1v) is 9.95. The molecule has 2 N–H and O–H groups in total. The van der Waals surface area contributed by atoms with Gasteiger partial charge in [0.15, 0.2) is 0 Å². The second-order valence-electron chi connectivity index (χ2n) is 7.10. The van der Waals surface area contributed by atoms with Gasteiger partial charge < -0.3 is 15.5 Å². The molecule has 0 spiro atoms. The second kappa shape index (κ2) is 9.24. The van der Waals surface area contributed by atoms with E-state index in [0.717, 1.165) is 5.70 Å². The first-order chi connectivity index (χ1) is 13.2. The highest BCUT2D eigenvalue weighted by molar-refractivity contribution is 6.31. The number of carbonyl (C=O) groups excluding carboxylic acids is 3. The van der Waals surface area contributed by atoms with Crippen LogP contribution in [-0.4, -0.2) is 30.8 Å². The maximum absolute atomic E-state index is 12.8. The summed E-state index contributed by atoms with van der Waals surface area (Å²) in [7, 11) is 0. The molecule has 1 aromatic rings. The van der Waals surface area contributed by atoms with Crippen LogP contribution in [0.25, 0.3) is 0 Å². The van der Waals surface area contributed by atoms with E-state index in [2.05, 4.69) is 10.6 Å². The molecule has 0 saturated carbocycles. The third kappa shape index (κ3) is 4.73. The van der Waals surface area contributed by atoms with Crippen molar-refractivity contribution in [2.24, 2.45) is 11.8 Å². The molecule has 0 radical (unpaired) electrons. The number of hydrogen-bond acceptors (Lipinski definition) is 3. The minimum absolute atomic E-state index is 0.0304. The van der Waals surface area contributed by atoms with E-state index in [-0.39, 0.29) is 36.1 Å². The van der Waals surface area contributed by atoms with Crippen LogP contribution in [0.1, 0.15) is 50.0 Å². The van der Waals surface area contributed by atoms with Crippen LogP contribution >= 0.6 is 11.6 Å². The fourth-order valence-corrected chi connectivity index (χ4v) is 3.72. The SMILES string of the molecule is CCC(=O)N(CC)c1cc(Cl)cc(C(=O)NCC2C(=O)NC(C)=CC2C)c1C. The van der Waals surface area contributed by atoms with Crippen LogP contribution in [0.3, 0.4) is 0 Å². The number of halogens is 1. The zero-order chi connectivity index (χ0) is 21.0. The lowest BCUT2D eigenvalue weighted by atomic mass is 9.89. The Labute approximate surface area is 171 Å². The molecule has 2 atom stereocenters. The maximum atomic E-state index is 12.8. The molecule has 2 unspecified atom stereocenters. The summed E-state index contributed by atoms with van der Waals surface area (Å²) >= 11 is 6.24. The summed E-state index contributed by atoms with van der Waals surface area (Å²) in [6, 6.07) is 3.30. The molecule has 152 valence electrons. The van der Waals surface area contributed by atoms with Crippen LogP contribution in [0.15, 0.2) is 23.9 Å². The lowest BCUT2D eigenvalue weighted by Crippen LogP contribution is -2.44. The summed E-state index contributed by atoms with van der Waals surface area (Å²) in [5.74, 6) is -0.744. The summed E-state index contributed by atoms with van der Waals surface area (Å²) in [4.78, 5) is 38.9. The molecule has 0 saturated heterocycles. The highest BCUT2D eigenvalue weighted by atomic mass is 35.5. The van der Waals surface area contributed by atoms with Crippen LogP contribution < -0.4 is 15.5 Å². The van der Waals surface area contributed by atoms with Gasteiger partial charge >= 0.3 is 0 Å². The van der Waals surface area contributed by atoms with Crippen LogP contribution in [0.4, 0.5) is 5.69 Å². The highest BCUT2D eigenvalue weighted by Crippen LogP contribution is 2.29. The Kier molecular flexibility index (Phi) is 7.24. The van der Waals surface area contributed by atoms with E-state index < -0.39 is 0 Å². The number of benzene rings is 1. The molecule has 1 aliphatic rings. The van der Waals surface area contributed by atoms with Crippen molar-refractivity contribution in [3.8, 4) is 0 Å². The van der Waals surface area contributed by atoms with Gasteiger partial charge in [-0.25, -0.2) is 0 Å². The van der Waals surface area contributed by atoms with Gasteiger partial charge in [-0.2, -0.15) is 0 Å². The smallest absolute Gasteiger partial charge is 0.251 e. The Bertz CT molecular complexity index is 819. The van der Waals surface area contributed by atoms with Crippen molar-refractivity contribution in [3.05, 3.63) is 40.1 Å². The minimum atomic E-state index is -0.333. The number of allylic oxidation sites excluding steroid dienone is 2. The number of nitrogens with zero attached hydrogens (tertiary/aromatic N) is 1. The zero-order valence-electron chi connectivity index (χ0n) is 17.1. The van der Waals surface area contributed by atoms with Crippen molar-refractivity contribution in [2.75, 3.05) is 18.0 Å². The normalized spacial score (nSPS) is 18.9. The van der Waals surface area contributed by atoms with Gasteiger partial charge in [-0.3, -0.25) is 14.4 Å². The summed E-state index contributed by atoms with van der Waals surface area (Å²) in [5.41, 5.74) is 2.55. The summed E-state index contributed by atoms with van der Waals surface area (Å²) in [6.07, 6.45) is 2.35. The Morgan fingerprint density at radius 3 is 2.50 bits per heavy atom. The number of rotatable bonds is 6. The van der Waals surface area contributed by atoms with Gasteiger partial charge in [0.2, 0.25) is 11.8 Å². The van der Waals surface area contributed by atoms with Crippen molar-refractivity contribution in [1.82, 2.24) is 10.6 Å². The molecule has 0 aliphatic carbocycles. The van der Waals surface area contributed by atoms with Gasteiger partial charge in [0.05, 0.1) is 5.92 Å². The average molecular weight is 406 g/mol. The Morgan fingerprint density at radius 2 is 1.93 bits per heavy atom. The lowest BCUT2D eigenvalue weighted by Gasteiger charge is -2.27. The van der Waals surface area contributed by atoms with E-state index in [1.807, 2.05) is 26.8 Å². The maximum Gasteiger partial charge on any atom is 0.251 e. The van der Waals surface area contributed by atoms with Crippen LogP contribution in [0.2, 0.25) is 5.02 Å². The lowest BCUT2D eigenvalue weighted by molar-refractivity contribution is -0.125. The van der Waals surface area contributed by atoms with E-state index >= 15 is 0 Å². The molecule has 7 heteroatoms. The van der Waals surface area contributed by atoms with Crippen LogP contribution in [-0.2, 0) is 9.59 Å². The number of carbonyl (C=O) groups is 3. The summed E-state index contributed by atoms with van der Waals surface area (Å²) in [6.45, 7) is 9.99. The molecule has 28 heavy (non-hydrogen) atoms. The third-order valence-corrected chi connectivity index (χ3v) is 5.31. The number of nitrogens with one attached hydrogen (secondary N) is 2. The quantitative estimate of drug-likeness (QED) is 0.761. The van der Waals surface area contributed by atoms with E-state index in [9.17, 15) is 14.4 Å². The number of amides is 3. The minimum Gasteiger partial charge on any atom is -0.351 e. The predicted octanol–water partition coefficient (Wildman–Crippen LogP) is 3.43. The molecule has 6 nitrogen and oxygen atoms in total. The molecule has 1 heterocycles. The molecule has 0 aromatic heterocycles. The standard InChI is InChI=1S/C21H28ClN3O3/c1-6-19(26)25(7-2)18-10-15(22)9-16(14(18)5)20(27)23-11-17-12(3)8-13(4)24-21(17)28/h8-10,12,17H,6-7,11H2,1-5H3,(H,23,27)(H,24,28). The molecule has 2 rings (SSSR count). The van der Waals surface area contributed by atoms with Crippen LogP contribution in [0.5, 0.6) is 0 Å². The van der Waals surface area contributed by atoms with E-state index in [1.165, 1.54) is 0 Å². The van der Waals surface area contributed by atoms with Crippen LogP contribution in [0, 0.1) is 18.8 Å². The van der Waals surface area contributed by atoms with Gasteiger partial charge in [-0.15, -0.1) is 0 Å². The molecule has 0 fully saturated rings. The molecule has 0 bridgehead atoms. The Hall–Kier alpha value is -2.34. The van der Waals surface area contributed by atoms with E-state index in [4.69, 9.17) is 11.6 Å². The molecular formula is C21H28ClN3O3. The second-order valence-corrected chi connectivity index (χ2v) is 7.54. The van der Waals surface area contributed by atoms with Crippen molar-refractivity contribution in [3.63, 3.8) is 0 Å². The average Bonchev–Trinajstić information content (AvgIpc) is 2.63. The molecule has 1 aromatic carbocycles. The van der Waals surface area contributed by atoms with Gasteiger partial charge in [0, 0.05) is 41.5 Å². The van der Waals surface area contributed by atoms with Gasteiger partial charge in [-0.1, -0.05) is 31.5 Å². The number of anilines is 1. The van der Waals surface area contributed by atoms with Crippen molar-refractivity contribution in [1.29, 1.82) is 0 Å². The van der Waals surface area contributed by atoms with Gasteiger partial charge in [0.25, 0.3) is 5.91 Å². The number of hydrogen-bond donors (Lipinski definition) is 2. The largest absolute Gasteiger partial charge is 0.351 e. The summed E-state index contributed by atoms with van der Waals surface area (Å²) < 4.78 is 0. The van der Waals surface area contributed by atoms with Crippen molar-refractivity contribution < 1.29 is 14.4 Å². The Balaban J connectivity index is 2.24. The molecular weight excluding hydrogens is 378 g/mol. The fourth-order valence-electron chi connectivity index (χ4n) is 3.51. The van der Waals surface area contributed by atoms with E-state index in [1.54, 1.807) is 30.9 Å². The Morgan fingerprint density at radius 1 is 1.25 bits per heavy atom. The third-order valence-electron chi connectivity index (χ3n) is 5.09. The first kappa shape index (κ1) is 22.0.